The van der Waals surface area contributed by atoms with Gasteiger partial charge in [-0.05, 0) is 45.8 Å². The van der Waals surface area contributed by atoms with Gasteiger partial charge in [-0.2, -0.15) is 5.10 Å². The van der Waals surface area contributed by atoms with Gasteiger partial charge in [0.1, 0.15) is 5.54 Å². The van der Waals surface area contributed by atoms with Crippen LogP contribution >= 0.6 is 12.4 Å². The Morgan fingerprint density at radius 1 is 1.35 bits per heavy atom. The van der Waals surface area contributed by atoms with Crippen molar-refractivity contribution in [2.75, 3.05) is 32.7 Å². The van der Waals surface area contributed by atoms with E-state index in [-0.39, 0.29) is 30.8 Å². The Morgan fingerprint density at radius 3 is 2.57 bits per heavy atom. The molecule has 0 radical (unpaired) electrons. The molecule has 1 aromatic heterocycles. The summed E-state index contributed by atoms with van der Waals surface area (Å²) in [5.74, 6) is -0.145. The Balaban J connectivity index is 0.00000264. The molecule has 2 heterocycles. The van der Waals surface area contributed by atoms with Gasteiger partial charge in [0.15, 0.2) is 0 Å². The van der Waals surface area contributed by atoms with Crippen LogP contribution in [0, 0.1) is 0 Å². The van der Waals surface area contributed by atoms with E-state index in [0.717, 1.165) is 13.1 Å². The SMILES string of the molecule is CCNC(=O)CN(CC)C(=O)C1(n2cccn2)CCNCC1.Cl. The summed E-state index contributed by atoms with van der Waals surface area (Å²) in [4.78, 5) is 26.6. The highest BCUT2D eigenvalue weighted by Crippen LogP contribution is 2.29. The van der Waals surface area contributed by atoms with Crippen molar-refractivity contribution in [2.45, 2.75) is 32.2 Å². The number of aromatic nitrogens is 2. The number of hydrogen-bond acceptors (Lipinski definition) is 4. The summed E-state index contributed by atoms with van der Waals surface area (Å²) >= 11 is 0. The minimum absolute atomic E-state index is 0. The fourth-order valence-corrected chi connectivity index (χ4v) is 2.95. The third-order valence-electron chi connectivity index (χ3n) is 4.15. The Hall–Kier alpha value is -1.60. The molecule has 23 heavy (non-hydrogen) atoms. The van der Waals surface area contributed by atoms with Gasteiger partial charge >= 0.3 is 0 Å². The molecule has 0 unspecified atom stereocenters. The molecule has 0 aliphatic carbocycles. The highest BCUT2D eigenvalue weighted by atomic mass is 35.5. The lowest BCUT2D eigenvalue weighted by Crippen LogP contribution is -2.57. The molecule has 2 N–H and O–H groups in total. The van der Waals surface area contributed by atoms with Crippen LogP contribution < -0.4 is 10.6 Å². The first-order chi connectivity index (χ1) is 10.6. The fourth-order valence-electron chi connectivity index (χ4n) is 2.95. The molecule has 8 heteroatoms. The average Bonchev–Trinajstić information content (AvgIpc) is 3.08. The van der Waals surface area contributed by atoms with E-state index >= 15 is 0 Å². The molecule has 1 aromatic rings. The number of piperidine rings is 1. The first-order valence-electron chi connectivity index (χ1n) is 7.91. The van der Waals surface area contributed by atoms with Crippen molar-refractivity contribution in [3.63, 3.8) is 0 Å². The molecule has 0 bridgehead atoms. The number of nitrogens with one attached hydrogen (secondary N) is 2. The van der Waals surface area contributed by atoms with Gasteiger partial charge < -0.3 is 15.5 Å². The van der Waals surface area contributed by atoms with Gasteiger partial charge in [0.25, 0.3) is 5.91 Å². The predicted octanol–water partition coefficient (Wildman–Crippen LogP) is 0.368. The quantitative estimate of drug-likeness (QED) is 0.782. The van der Waals surface area contributed by atoms with Crippen LogP contribution in [0.3, 0.4) is 0 Å². The summed E-state index contributed by atoms with van der Waals surface area (Å²) in [7, 11) is 0. The molecule has 2 rings (SSSR count). The number of likely N-dealkylation sites (N-methyl/N-ethyl adjacent to an activating group) is 2. The number of carbonyl (C=O) groups excluding carboxylic acids is 2. The van der Waals surface area contributed by atoms with E-state index in [4.69, 9.17) is 0 Å². The van der Waals surface area contributed by atoms with Crippen LogP contribution in [0.1, 0.15) is 26.7 Å². The average molecular weight is 344 g/mol. The molecule has 1 fully saturated rings. The topological polar surface area (TPSA) is 79.3 Å². The van der Waals surface area contributed by atoms with E-state index in [2.05, 4.69) is 15.7 Å². The maximum absolute atomic E-state index is 13.1. The van der Waals surface area contributed by atoms with E-state index in [0.29, 0.717) is 25.9 Å². The second-order valence-electron chi connectivity index (χ2n) is 5.51. The van der Waals surface area contributed by atoms with Crippen molar-refractivity contribution in [1.82, 2.24) is 25.3 Å². The van der Waals surface area contributed by atoms with Crippen molar-refractivity contribution >= 4 is 24.2 Å². The fraction of sp³-hybridized carbons (Fsp3) is 0.667. The van der Waals surface area contributed by atoms with Crippen LogP contribution in [0.4, 0.5) is 0 Å². The smallest absolute Gasteiger partial charge is 0.251 e. The third-order valence-corrected chi connectivity index (χ3v) is 4.15. The second kappa shape index (κ2) is 8.88. The molecular weight excluding hydrogens is 318 g/mol. The lowest BCUT2D eigenvalue weighted by molar-refractivity contribution is -0.145. The normalized spacial score (nSPS) is 16.3. The van der Waals surface area contributed by atoms with Crippen LogP contribution in [0.25, 0.3) is 0 Å². The van der Waals surface area contributed by atoms with Gasteiger partial charge in [0, 0.05) is 25.5 Å². The number of carbonyl (C=O) groups is 2. The zero-order valence-corrected chi connectivity index (χ0v) is 14.6. The van der Waals surface area contributed by atoms with Gasteiger partial charge in [0.05, 0.1) is 6.54 Å². The number of halogens is 1. The van der Waals surface area contributed by atoms with Gasteiger partial charge in [0.2, 0.25) is 5.91 Å². The third kappa shape index (κ3) is 4.23. The first kappa shape index (κ1) is 19.4. The molecule has 1 saturated heterocycles. The Morgan fingerprint density at radius 2 is 2.04 bits per heavy atom. The zero-order chi connectivity index (χ0) is 16.0. The van der Waals surface area contributed by atoms with Gasteiger partial charge in [-0.3, -0.25) is 14.3 Å². The second-order valence-corrected chi connectivity index (χ2v) is 5.51. The maximum Gasteiger partial charge on any atom is 0.251 e. The molecule has 1 aliphatic heterocycles. The van der Waals surface area contributed by atoms with Gasteiger partial charge in [-0.15, -0.1) is 12.4 Å². The summed E-state index contributed by atoms with van der Waals surface area (Å²) in [5, 5.41) is 10.3. The highest BCUT2D eigenvalue weighted by Gasteiger charge is 2.44. The molecule has 0 atom stereocenters. The predicted molar refractivity (Wildman–Crippen MR) is 90.5 cm³/mol. The van der Waals surface area contributed by atoms with Crippen LogP contribution in [0.2, 0.25) is 0 Å². The monoisotopic (exact) mass is 343 g/mol. The van der Waals surface area contributed by atoms with Crippen molar-refractivity contribution < 1.29 is 9.59 Å². The number of amides is 2. The summed E-state index contributed by atoms with van der Waals surface area (Å²) in [6, 6.07) is 1.83. The molecule has 0 spiro atoms. The van der Waals surface area contributed by atoms with Crippen LogP contribution in [-0.2, 0) is 15.1 Å². The standard InChI is InChI=1S/C15H25N5O2.ClH/c1-3-17-13(21)12-19(4-2)14(22)15(6-9-16-10-7-15)20-11-5-8-18-20;/h5,8,11,16H,3-4,6-7,9-10,12H2,1-2H3,(H,17,21);1H. The van der Waals surface area contributed by atoms with Crippen molar-refractivity contribution in [3.8, 4) is 0 Å². The lowest BCUT2D eigenvalue weighted by atomic mass is 9.86. The number of hydrogen-bond donors (Lipinski definition) is 2. The van der Waals surface area contributed by atoms with Crippen LogP contribution in [-0.4, -0.2) is 59.2 Å². The van der Waals surface area contributed by atoms with Crippen molar-refractivity contribution in [1.29, 1.82) is 0 Å². The lowest BCUT2D eigenvalue weighted by Gasteiger charge is -2.39. The number of nitrogens with zero attached hydrogens (tertiary/aromatic N) is 3. The van der Waals surface area contributed by atoms with Gasteiger partial charge in [-0.25, -0.2) is 0 Å². The van der Waals surface area contributed by atoms with E-state index in [1.54, 1.807) is 15.8 Å². The Bertz CT molecular complexity index is 500. The zero-order valence-electron chi connectivity index (χ0n) is 13.7. The van der Waals surface area contributed by atoms with E-state index < -0.39 is 5.54 Å². The van der Waals surface area contributed by atoms with Gasteiger partial charge in [-0.1, -0.05) is 0 Å². The molecule has 1 aliphatic rings. The largest absolute Gasteiger partial charge is 0.355 e. The molecule has 0 aromatic carbocycles. The van der Waals surface area contributed by atoms with E-state index in [1.165, 1.54) is 0 Å². The van der Waals surface area contributed by atoms with E-state index in [1.807, 2.05) is 26.1 Å². The minimum atomic E-state index is -0.683. The van der Waals surface area contributed by atoms with Crippen molar-refractivity contribution in [3.05, 3.63) is 18.5 Å². The molecular formula is C15H26ClN5O2. The van der Waals surface area contributed by atoms with Crippen LogP contribution in [0.15, 0.2) is 18.5 Å². The summed E-state index contributed by atoms with van der Waals surface area (Å²) in [5.41, 5.74) is -0.683. The maximum atomic E-state index is 13.1. The Kier molecular flexibility index (Phi) is 7.51. The minimum Gasteiger partial charge on any atom is -0.355 e. The summed E-state index contributed by atoms with van der Waals surface area (Å²) < 4.78 is 1.76. The highest BCUT2D eigenvalue weighted by molar-refractivity contribution is 5.89. The van der Waals surface area contributed by atoms with E-state index in [9.17, 15) is 9.59 Å². The Labute approximate surface area is 143 Å². The molecule has 2 amide bonds. The van der Waals surface area contributed by atoms with Crippen LogP contribution in [0.5, 0.6) is 0 Å². The summed E-state index contributed by atoms with van der Waals surface area (Å²) in [6.45, 7) is 6.47. The van der Waals surface area contributed by atoms with Crippen molar-refractivity contribution in [2.24, 2.45) is 0 Å². The summed E-state index contributed by atoms with van der Waals surface area (Å²) in [6.07, 6.45) is 4.89. The molecule has 130 valence electrons. The first-order valence-corrected chi connectivity index (χ1v) is 7.91. The molecule has 7 nitrogen and oxygen atoms in total. The molecule has 0 saturated carbocycles. The number of rotatable bonds is 6.